The SMILES string of the molecule is COc1ccc(CNC2CCOc3cc(C)c(C)cc32)cc1. The maximum atomic E-state index is 5.82. The summed E-state index contributed by atoms with van der Waals surface area (Å²) in [5.41, 5.74) is 5.15. The number of hydrogen-bond acceptors (Lipinski definition) is 3. The topological polar surface area (TPSA) is 30.5 Å². The third-order valence-electron chi connectivity index (χ3n) is 4.38. The van der Waals surface area contributed by atoms with Crippen LogP contribution >= 0.6 is 0 Å². The summed E-state index contributed by atoms with van der Waals surface area (Å²) < 4.78 is 11.0. The molecule has 3 rings (SSSR count). The molecule has 0 amide bonds. The Bertz CT molecular complexity index is 649. The first-order chi connectivity index (χ1) is 10.7. The number of methoxy groups -OCH3 is 1. The lowest BCUT2D eigenvalue weighted by Crippen LogP contribution is -2.27. The van der Waals surface area contributed by atoms with E-state index in [1.54, 1.807) is 7.11 Å². The van der Waals surface area contributed by atoms with Crippen LogP contribution in [0.2, 0.25) is 0 Å². The fourth-order valence-corrected chi connectivity index (χ4v) is 2.85. The summed E-state index contributed by atoms with van der Waals surface area (Å²) in [6.45, 7) is 5.91. The predicted octanol–water partition coefficient (Wildman–Crippen LogP) is 3.93. The molecule has 1 atom stereocenters. The third kappa shape index (κ3) is 3.09. The van der Waals surface area contributed by atoms with Gasteiger partial charge < -0.3 is 14.8 Å². The Hall–Kier alpha value is -2.00. The molecule has 1 aliphatic rings. The van der Waals surface area contributed by atoms with Gasteiger partial charge in [-0.15, -0.1) is 0 Å². The van der Waals surface area contributed by atoms with Crippen LogP contribution in [0.15, 0.2) is 36.4 Å². The molecule has 3 heteroatoms. The highest BCUT2D eigenvalue weighted by atomic mass is 16.5. The average Bonchev–Trinajstić information content (AvgIpc) is 2.54. The maximum Gasteiger partial charge on any atom is 0.124 e. The lowest BCUT2D eigenvalue weighted by molar-refractivity contribution is 0.252. The van der Waals surface area contributed by atoms with Gasteiger partial charge in [-0.25, -0.2) is 0 Å². The molecule has 0 spiro atoms. The van der Waals surface area contributed by atoms with Gasteiger partial charge in [-0.2, -0.15) is 0 Å². The van der Waals surface area contributed by atoms with Gasteiger partial charge in [0.05, 0.1) is 13.7 Å². The van der Waals surface area contributed by atoms with E-state index in [4.69, 9.17) is 9.47 Å². The van der Waals surface area contributed by atoms with Gasteiger partial charge in [0.25, 0.3) is 0 Å². The highest BCUT2D eigenvalue weighted by Crippen LogP contribution is 2.34. The molecule has 0 fully saturated rings. The van der Waals surface area contributed by atoms with E-state index in [1.807, 2.05) is 12.1 Å². The molecule has 22 heavy (non-hydrogen) atoms. The van der Waals surface area contributed by atoms with Gasteiger partial charge in [-0.1, -0.05) is 18.2 Å². The summed E-state index contributed by atoms with van der Waals surface area (Å²) >= 11 is 0. The van der Waals surface area contributed by atoms with Gasteiger partial charge in [-0.05, 0) is 48.7 Å². The predicted molar refractivity (Wildman–Crippen MR) is 88.6 cm³/mol. The van der Waals surface area contributed by atoms with Gasteiger partial charge in [0.1, 0.15) is 11.5 Å². The zero-order chi connectivity index (χ0) is 15.5. The first-order valence-corrected chi connectivity index (χ1v) is 7.77. The first kappa shape index (κ1) is 14.9. The van der Waals surface area contributed by atoms with Crippen molar-refractivity contribution >= 4 is 0 Å². The van der Waals surface area contributed by atoms with E-state index >= 15 is 0 Å². The van der Waals surface area contributed by atoms with Gasteiger partial charge in [-0.3, -0.25) is 0 Å². The Balaban J connectivity index is 1.72. The molecule has 0 aliphatic carbocycles. The molecule has 1 heterocycles. The molecular weight excluding hydrogens is 274 g/mol. The summed E-state index contributed by atoms with van der Waals surface area (Å²) in [6.07, 6.45) is 1.01. The van der Waals surface area contributed by atoms with Crippen LogP contribution in [0.4, 0.5) is 0 Å². The fourth-order valence-electron chi connectivity index (χ4n) is 2.85. The summed E-state index contributed by atoms with van der Waals surface area (Å²) in [7, 11) is 1.69. The lowest BCUT2D eigenvalue weighted by Gasteiger charge is -2.28. The first-order valence-electron chi connectivity index (χ1n) is 7.77. The van der Waals surface area contributed by atoms with E-state index in [0.717, 1.165) is 31.1 Å². The standard InChI is InChI=1S/C19H23NO2/c1-13-10-17-18(8-9-22-19(17)11-14(13)2)20-12-15-4-6-16(21-3)7-5-15/h4-7,10-11,18,20H,8-9,12H2,1-3H3. The molecule has 1 unspecified atom stereocenters. The van der Waals surface area contributed by atoms with E-state index in [-0.39, 0.29) is 0 Å². The van der Waals surface area contributed by atoms with Crippen molar-refractivity contribution in [2.24, 2.45) is 0 Å². The highest BCUT2D eigenvalue weighted by Gasteiger charge is 2.21. The van der Waals surface area contributed by atoms with Crippen molar-refractivity contribution in [3.8, 4) is 11.5 Å². The maximum absolute atomic E-state index is 5.82. The fraction of sp³-hybridized carbons (Fsp3) is 0.368. The zero-order valence-electron chi connectivity index (χ0n) is 13.5. The highest BCUT2D eigenvalue weighted by molar-refractivity contribution is 5.44. The van der Waals surface area contributed by atoms with Crippen molar-refractivity contribution in [1.82, 2.24) is 5.32 Å². The van der Waals surface area contributed by atoms with Crippen molar-refractivity contribution in [3.05, 3.63) is 58.7 Å². The number of fused-ring (bicyclic) bond motifs is 1. The summed E-state index contributed by atoms with van der Waals surface area (Å²) in [5, 5.41) is 3.66. The van der Waals surface area contributed by atoms with Crippen molar-refractivity contribution in [3.63, 3.8) is 0 Å². The van der Waals surface area contributed by atoms with E-state index in [0.29, 0.717) is 6.04 Å². The van der Waals surface area contributed by atoms with Gasteiger partial charge in [0.15, 0.2) is 0 Å². The van der Waals surface area contributed by atoms with Crippen molar-refractivity contribution in [2.45, 2.75) is 32.9 Å². The molecule has 2 aromatic rings. The molecule has 2 aromatic carbocycles. The van der Waals surface area contributed by atoms with Crippen molar-refractivity contribution < 1.29 is 9.47 Å². The monoisotopic (exact) mass is 297 g/mol. The Morgan fingerprint density at radius 3 is 2.59 bits per heavy atom. The van der Waals surface area contributed by atoms with Gasteiger partial charge in [0, 0.05) is 24.6 Å². The Kier molecular flexibility index (Phi) is 4.34. The minimum absolute atomic E-state index is 0.352. The Morgan fingerprint density at radius 1 is 1.14 bits per heavy atom. The Labute approximate surface area is 132 Å². The molecule has 0 saturated heterocycles. The lowest BCUT2D eigenvalue weighted by atomic mass is 9.96. The number of rotatable bonds is 4. The van der Waals surface area contributed by atoms with E-state index in [2.05, 4.69) is 43.4 Å². The van der Waals surface area contributed by atoms with Crippen molar-refractivity contribution in [1.29, 1.82) is 0 Å². The average molecular weight is 297 g/mol. The molecule has 0 radical (unpaired) electrons. The molecule has 0 saturated carbocycles. The second-order valence-corrected chi connectivity index (χ2v) is 5.89. The molecular formula is C19H23NO2. The van der Waals surface area contributed by atoms with Crippen molar-refractivity contribution in [2.75, 3.05) is 13.7 Å². The molecule has 1 aliphatic heterocycles. The third-order valence-corrected chi connectivity index (χ3v) is 4.38. The molecule has 1 N–H and O–H groups in total. The number of hydrogen-bond donors (Lipinski definition) is 1. The van der Waals surface area contributed by atoms with Crippen LogP contribution < -0.4 is 14.8 Å². The molecule has 116 valence electrons. The second kappa shape index (κ2) is 6.41. The van der Waals surface area contributed by atoms with E-state index < -0.39 is 0 Å². The van der Waals surface area contributed by atoms with Crippen LogP contribution in [0.1, 0.15) is 34.7 Å². The largest absolute Gasteiger partial charge is 0.497 e. The van der Waals surface area contributed by atoms with Crippen LogP contribution in [0.5, 0.6) is 11.5 Å². The summed E-state index contributed by atoms with van der Waals surface area (Å²) in [5.74, 6) is 1.92. The normalized spacial score (nSPS) is 16.8. The number of benzene rings is 2. The van der Waals surface area contributed by atoms with Crippen LogP contribution in [-0.2, 0) is 6.54 Å². The minimum Gasteiger partial charge on any atom is -0.497 e. The molecule has 3 nitrogen and oxygen atoms in total. The quantitative estimate of drug-likeness (QED) is 0.927. The van der Waals surface area contributed by atoms with Crippen LogP contribution in [0.25, 0.3) is 0 Å². The number of aryl methyl sites for hydroxylation is 2. The van der Waals surface area contributed by atoms with Crippen LogP contribution in [0, 0.1) is 13.8 Å². The Morgan fingerprint density at radius 2 is 1.86 bits per heavy atom. The van der Waals surface area contributed by atoms with E-state index in [9.17, 15) is 0 Å². The summed E-state index contributed by atoms with van der Waals surface area (Å²) in [6, 6.07) is 13.0. The van der Waals surface area contributed by atoms with Crippen LogP contribution in [-0.4, -0.2) is 13.7 Å². The number of nitrogens with one attached hydrogen (secondary N) is 1. The van der Waals surface area contributed by atoms with Gasteiger partial charge >= 0.3 is 0 Å². The van der Waals surface area contributed by atoms with Gasteiger partial charge in [0.2, 0.25) is 0 Å². The molecule has 0 bridgehead atoms. The van der Waals surface area contributed by atoms with E-state index in [1.165, 1.54) is 22.3 Å². The number of ether oxygens (including phenoxy) is 2. The van der Waals surface area contributed by atoms with Crippen LogP contribution in [0.3, 0.4) is 0 Å². The smallest absolute Gasteiger partial charge is 0.124 e. The second-order valence-electron chi connectivity index (χ2n) is 5.89. The minimum atomic E-state index is 0.352. The molecule has 0 aromatic heterocycles. The zero-order valence-corrected chi connectivity index (χ0v) is 13.5. The summed E-state index contributed by atoms with van der Waals surface area (Å²) in [4.78, 5) is 0.